The van der Waals surface area contributed by atoms with Crippen molar-refractivity contribution in [3.8, 4) is 11.4 Å². The number of nitrogens with zero attached hydrogens (tertiary/aromatic N) is 2. The SMILES string of the molecule is COc1ccc(CN2CCO[C@H]2c2ccn(-c3ccccc3)c2)cc1. The van der Waals surface area contributed by atoms with Crippen molar-refractivity contribution in [1.82, 2.24) is 9.47 Å². The predicted octanol–water partition coefficient (Wildman–Crippen LogP) is 4.02. The molecule has 0 bridgehead atoms. The number of hydrogen-bond donors (Lipinski definition) is 0. The fourth-order valence-electron chi connectivity index (χ4n) is 3.26. The van der Waals surface area contributed by atoms with E-state index in [4.69, 9.17) is 9.47 Å². The van der Waals surface area contributed by atoms with Crippen molar-refractivity contribution in [1.29, 1.82) is 0 Å². The third-order valence-electron chi connectivity index (χ3n) is 4.59. The van der Waals surface area contributed by atoms with Gasteiger partial charge >= 0.3 is 0 Å². The summed E-state index contributed by atoms with van der Waals surface area (Å²) in [5.74, 6) is 0.887. The predicted molar refractivity (Wildman–Crippen MR) is 97.9 cm³/mol. The zero-order chi connectivity index (χ0) is 17.1. The number of aromatic nitrogens is 1. The molecule has 0 spiro atoms. The highest BCUT2D eigenvalue weighted by molar-refractivity contribution is 5.34. The summed E-state index contributed by atoms with van der Waals surface area (Å²) in [6, 6.07) is 20.7. The molecule has 1 aliphatic heterocycles. The lowest BCUT2D eigenvalue weighted by atomic mass is 10.2. The Hall–Kier alpha value is -2.56. The summed E-state index contributed by atoms with van der Waals surface area (Å²) < 4.78 is 13.4. The molecule has 0 radical (unpaired) electrons. The zero-order valence-corrected chi connectivity index (χ0v) is 14.3. The van der Waals surface area contributed by atoms with E-state index in [-0.39, 0.29) is 6.23 Å². The Bertz CT molecular complexity index is 811. The molecule has 0 N–H and O–H groups in total. The van der Waals surface area contributed by atoms with Gasteiger partial charge in [0.05, 0.1) is 13.7 Å². The highest BCUT2D eigenvalue weighted by Gasteiger charge is 2.27. The summed E-state index contributed by atoms with van der Waals surface area (Å²) in [4.78, 5) is 2.37. The smallest absolute Gasteiger partial charge is 0.138 e. The highest BCUT2D eigenvalue weighted by Crippen LogP contribution is 2.29. The van der Waals surface area contributed by atoms with E-state index in [0.29, 0.717) is 0 Å². The lowest BCUT2D eigenvalue weighted by Gasteiger charge is -2.22. The lowest BCUT2D eigenvalue weighted by Crippen LogP contribution is -2.23. The molecule has 2 aromatic carbocycles. The van der Waals surface area contributed by atoms with Gasteiger partial charge in [0.1, 0.15) is 12.0 Å². The molecule has 3 aromatic rings. The molecular formula is C21H22N2O2. The average molecular weight is 334 g/mol. The van der Waals surface area contributed by atoms with Crippen LogP contribution in [0.4, 0.5) is 0 Å². The highest BCUT2D eigenvalue weighted by atomic mass is 16.5. The first-order valence-corrected chi connectivity index (χ1v) is 8.55. The van der Waals surface area contributed by atoms with Crippen LogP contribution in [0.1, 0.15) is 17.4 Å². The summed E-state index contributed by atoms with van der Waals surface area (Å²) in [5.41, 5.74) is 3.61. The molecule has 4 heteroatoms. The largest absolute Gasteiger partial charge is 0.497 e. The van der Waals surface area contributed by atoms with E-state index in [1.54, 1.807) is 7.11 Å². The van der Waals surface area contributed by atoms with Crippen LogP contribution >= 0.6 is 0 Å². The Morgan fingerprint density at radius 1 is 1.04 bits per heavy atom. The van der Waals surface area contributed by atoms with Crippen LogP contribution in [0, 0.1) is 0 Å². The average Bonchev–Trinajstić information content (AvgIpc) is 3.32. The van der Waals surface area contributed by atoms with Crippen LogP contribution in [0.15, 0.2) is 73.1 Å². The molecule has 1 atom stereocenters. The molecule has 1 aliphatic rings. The van der Waals surface area contributed by atoms with E-state index in [2.05, 4.69) is 64.3 Å². The van der Waals surface area contributed by atoms with Gasteiger partial charge in [0.15, 0.2) is 0 Å². The maximum Gasteiger partial charge on any atom is 0.138 e. The maximum absolute atomic E-state index is 6.01. The summed E-state index contributed by atoms with van der Waals surface area (Å²) in [6.07, 6.45) is 4.26. The molecule has 25 heavy (non-hydrogen) atoms. The first-order valence-electron chi connectivity index (χ1n) is 8.55. The van der Waals surface area contributed by atoms with Crippen molar-refractivity contribution >= 4 is 0 Å². The third kappa shape index (κ3) is 3.45. The van der Waals surface area contributed by atoms with Gasteiger partial charge in [-0.3, -0.25) is 4.90 Å². The lowest BCUT2D eigenvalue weighted by molar-refractivity contribution is 0.0288. The van der Waals surface area contributed by atoms with E-state index < -0.39 is 0 Å². The number of para-hydroxylation sites is 1. The third-order valence-corrected chi connectivity index (χ3v) is 4.59. The van der Waals surface area contributed by atoms with Crippen LogP contribution < -0.4 is 4.74 Å². The summed E-state index contributed by atoms with van der Waals surface area (Å²) >= 11 is 0. The molecule has 128 valence electrons. The van der Waals surface area contributed by atoms with Crippen molar-refractivity contribution in [3.63, 3.8) is 0 Å². The standard InChI is InChI=1S/C21H22N2O2/c1-24-20-9-7-17(8-10-20)15-23-13-14-25-21(23)18-11-12-22(16-18)19-5-3-2-4-6-19/h2-12,16,21H,13-15H2,1H3/t21-/m0/s1. The van der Waals surface area contributed by atoms with Crippen molar-refractivity contribution in [3.05, 3.63) is 84.2 Å². The van der Waals surface area contributed by atoms with Gasteiger partial charge in [0.2, 0.25) is 0 Å². The second-order valence-corrected chi connectivity index (χ2v) is 6.23. The molecular weight excluding hydrogens is 312 g/mol. The summed E-state index contributed by atoms with van der Waals surface area (Å²) in [6.45, 7) is 2.57. The van der Waals surface area contributed by atoms with Crippen molar-refractivity contribution in [2.75, 3.05) is 20.3 Å². The van der Waals surface area contributed by atoms with Gasteiger partial charge < -0.3 is 14.0 Å². The van der Waals surface area contributed by atoms with Gasteiger partial charge in [0.25, 0.3) is 0 Å². The maximum atomic E-state index is 6.01. The Balaban J connectivity index is 1.50. The molecule has 1 saturated heterocycles. The molecule has 1 aromatic heterocycles. The fourth-order valence-corrected chi connectivity index (χ4v) is 3.26. The normalized spacial score (nSPS) is 17.7. The Morgan fingerprint density at radius 2 is 1.84 bits per heavy atom. The van der Waals surface area contributed by atoms with Gasteiger partial charge in [-0.1, -0.05) is 30.3 Å². The number of rotatable bonds is 5. The van der Waals surface area contributed by atoms with E-state index in [9.17, 15) is 0 Å². The molecule has 4 nitrogen and oxygen atoms in total. The second kappa shape index (κ2) is 7.13. The molecule has 4 rings (SSSR count). The molecule has 0 aliphatic carbocycles. The molecule has 1 fully saturated rings. The van der Waals surface area contributed by atoms with E-state index in [1.165, 1.54) is 11.1 Å². The minimum atomic E-state index is 0.00654. The van der Waals surface area contributed by atoms with Gasteiger partial charge in [-0.25, -0.2) is 0 Å². The van der Waals surface area contributed by atoms with Crippen LogP contribution in [0.5, 0.6) is 5.75 Å². The molecule has 2 heterocycles. The van der Waals surface area contributed by atoms with E-state index >= 15 is 0 Å². The van der Waals surface area contributed by atoms with Crippen molar-refractivity contribution < 1.29 is 9.47 Å². The summed E-state index contributed by atoms with van der Waals surface area (Å²) in [7, 11) is 1.69. The zero-order valence-electron chi connectivity index (χ0n) is 14.3. The number of benzene rings is 2. The summed E-state index contributed by atoms with van der Waals surface area (Å²) in [5, 5.41) is 0. The number of ether oxygens (including phenoxy) is 2. The van der Waals surface area contributed by atoms with E-state index in [0.717, 1.165) is 31.1 Å². The van der Waals surface area contributed by atoms with Crippen molar-refractivity contribution in [2.24, 2.45) is 0 Å². The van der Waals surface area contributed by atoms with Crippen LogP contribution in [0.3, 0.4) is 0 Å². The Kier molecular flexibility index (Phi) is 4.55. The van der Waals surface area contributed by atoms with Crippen LogP contribution in [0.2, 0.25) is 0 Å². The molecule has 0 saturated carbocycles. The minimum absolute atomic E-state index is 0.00654. The van der Waals surface area contributed by atoms with Gasteiger partial charge in [0, 0.05) is 36.7 Å². The van der Waals surface area contributed by atoms with E-state index in [1.807, 2.05) is 18.2 Å². The van der Waals surface area contributed by atoms with Crippen molar-refractivity contribution in [2.45, 2.75) is 12.8 Å². The molecule has 0 unspecified atom stereocenters. The quantitative estimate of drug-likeness (QED) is 0.705. The molecule has 0 amide bonds. The second-order valence-electron chi connectivity index (χ2n) is 6.23. The number of methoxy groups -OCH3 is 1. The minimum Gasteiger partial charge on any atom is -0.497 e. The monoisotopic (exact) mass is 334 g/mol. The van der Waals surface area contributed by atoms with Crippen LogP contribution in [0.25, 0.3) is 5.69 Å². The van der Waals surface area contributed by atoms with Crippen LogP contribution in [-0.2, 0) is 11.3 Å². The fraction of sp³-hybridized carbons (Fsp3) is 0.238. The topological polar surface area (TPSA) is 26.6 Å². The van der Waals surface area contributed by atoms with Gasteiger partial charge in [-0.2, -0.15) is 0 Å². The first kappa shape index (κ1) is 15.9. The first-order chi connectivity index (χ1) is 12.3. The Labute approximate surface area is 148 Å². The van der Waals surface area contributed by atoms with Gasteiger partial charge in [-0.05, 0) is 35.9 Å². The Morgan fingerprint density at radius 3 is 2.60 bits per heavy atom. The number of hydrogen-bond acceptors (Lipinski definition) is 3. The van der Waals surface area contributed by atoms with Gasteiger partial charge in [-0.15, -0.1) is 0 Å². The van der Waals surface area contributed by atoms with Crippen LogP contribution in [-0.4, -0.2) is 29.7 Å².